The Hall–Kier alpha value is -3.82. The topological polar surface area (TPSA) is 46.7 Å². The van der Waals surface area contributed by atoms with Crippen molar-refractivity contribution in [2.45, 2.75) is 19.4 Å². The maximum absolute atomic E-state index is 7.34. The Labute approximate surface area is 206 Å². The van der Waals surface area contributed by atoms with Gasteiger partial charge in [0.2, 0.25) is 0 Å². The van der Waals surface area contributed by atoms with Gasteiger partial charge in [0.05, 0.1) is 36.2 Å². The number of pyridine rings is 1. The van der Waals surface area contributed by atoms with E-state index in [0.717, 1.165) is 65.5 Å². The molecule has 0 bridgehead atoms. The zero-order chi connectivity index (χ0) is 23.8. The van der Waals surface area contributed by atoms with Gasteiger partial charge >= 0.3 is 0 Å². The molecule has 0 radical (unpaired) electrons. The number of hydrogen-bond acceptors (Lipinski definition) is 4. The predicted molar refractivity (Wildman–Crippen MR) is 141 cm³/mol. The number of rotatable bonds is 4. The van der Waals surface area contributed by atoms with Crippen LogP contribution >= 0.6 is 0 Å². The number of anilines is 1. The average Bonchev–Trinajstić information content (AvgIpc) is 3.31. The number of likely N-dealkylation sites (N-methyl/N-ethyl adjacent to an activating group) is 1. The van der Waals surface area contributed by atoms with Crippen LogP contribution in [0.1, 0.15) is 12.8 Å². The molecule has 1 fully saturated rings. The molecule has 2 aromatic carbocycles. The van der Waals surface area contributed by atoms with Crippen LogP contribution in [0.15, 0.2) is 60.9 Å². The van der Waals surface area contributed by atoms with E-state index in [-0.39, 0.29) is 0 Å². The second kappa shape index (κ2) is 9.09. The van der Waals surface area contributed by atoms with Crippen molar-refractivity contribution >= 4 is 22.3 Å². The smallest absolute Gasteiger partial charge is 0.187 e. The Bertz CT molecular complexity index is 1410. The zero-order valence-corrected chi connectivity index (χ0v) is 20.0. The average molecular weight is 464 g/mol. The highest BCUT2D eigenvalue weighted by Crippen LogP contribution is 2.41. The van der Waals surface area contributed by atoms with Gasteiger partial charge in [0.15, 0.2) is 5.69 Å². The number of ether oxygens (including phenoxy) is 1. The molecule has 35 heavy (non-hydrogen) atoms. The first-order chi connectivity index (χ1) is 17.2. The van der Waals surface area contributed by atoms with Crippen molar-refractivity contribution in [2.24, 2.45) is 5.92 Å². The van der Waals surface area contributed by atoms with Crippen LogP contribution < -0.4 is 15.0 Å². The molecular weight excluding hydrogens is 434 g/mol. The van der Waals surface area contributed by atoms with Crippen molar-refractivity contribution in [2.75, 3.05) is 38.2 Å². The molecular formula is C29H29N5O. The molecule has 176 valence electrons. The first-order valence-corrected chi connectivity index (χ1v) is 12.4. The van der Waals surface area contributed by atoms with E-state index in [1.54, 1.807) is 0 Å². The van der Waals surface area contributed by atoms with E-state index in [9.17, 15) is 0 Å². The second-order valence-electron chi connectivity index (χ2n) is 9.55. The number of piperidine rings is 1. The van der Waals surface area contributed by atoms with E-state index in [1.807, 2.05) is 30.5 Å². The SMILES string of the molecule is [C-]#[N+]c1ccc(-c2c(-c3ccc4c(c3)OCCN4C)ncc3c2ccn3CC2CCNCC2)cc1. The minimum Gasteiger partial charge on any atom is -0.490 e. The summed E-state index contributed by atoms with van der Waals surface area (Å²) in [5.74, 6) is 1.58. The first kappa shape index (κ1) is 21.7. The highest BCUT2D eigenvalue weighted by atomic mass is 16.5. The molecule has 2 aliphatic heterocycles. The van der Waals surface area contributed by atoms with Gasteiger partial charge in [0.25, 0.3) is 0 Å². The van der Waals surface area contributed by atoms with Crippen LogP contribution in [0.25, 0.3) is 38.1 Å². The lowest BCUT2D eigenvalue weighted by molar-refractivity contribution is 0.311. The van der Waals surface area contributed by atoms with Crippen LogP contribution in [0.5, 0.6) is 5.75 Å². The maximum Gasteiger partial charge on any atom is 0.187 e. The lowest BCUT2D eigenvalue weighted by atomic mass is 9.95. The van der Waals surface area contributed by atoms with Gasteiger partial charge in [-0.05, 0) is 55.6 Å². The number of fused-ring (bicyclic) bond motifs is 2. The Balaban J connectivity index is 1.49. The van der Waals surface area contributed by atoms with E-state index < -0.39 is 0 Å². The molecule has 6 nitrogen and oxygen atoms in total. The molecule has 4 aromatic rings. The number of hydrogen-bond donors (Lipinski definition) is 1. The molecule has 6 heteroatoms. The second-order valence-corrected chi connectivity index (χ2v) is 9.55. The number of nitrogens with one attached hydrogen (secondary N) is 1. The largest absolute Gasteiger partial charge is 0.490 e. The van der Waals surface area contributed by atoms with Crippen molar-refractivity contribution in [3.8, 4) is 28.1 Å². The number of nitrogens with zero attached hydrogens (tertiary/aromatic N) is 4. The predicted octanol–water partition coefficient (Wildman–Crippen LogP) is 5.75. The number of benzene rings is 2. The highest BCUT2D eigenvalue weighted by Gasteiger charge is 2.21. The van der Waals surface area contributed by atoms with Crippen LogP contribution in [-0.4, -0.2) is 42.8 Å². The minimum atomic E-state index is 0.643. The zero-order valence-electron chi connectivity index (χ0n) is 20.0. The van der Waals surface area contributed by atoms with Crippen molar-refractivity contribution in [3.05, 3.63) is 72.3 Å². The molecule has 6 rings (SSSR count). The van der Waals surface area contributed by atoms with Gasteiger partial charge in [-0.3, -0.25) is 4.98 Å². The normalized spacial score (nSPS) is 16.1. The molecule has 0 aliphatic carbocycles. The standard InChI is InChI=1S/C29H29N5O/c1-30-23-6-3-21(4-7-23)28-24-11-14-34(19-20-9-12-31-13-10-20)26(24)18-32-29(28)22-5-8-25-27(17-22)35-16-15-33(25)2/h3-8,11,14,17-18,20,31H,9-10,12-13,15-16,19H2,2H3. The van der Waals surface area contributed by atoms with Crippen LogP contribution in [0.4, 0.5) is 11.4 Å². The summed E-state index contributed by atoms with van der Waals surface area (Å²) in [6.07, 6.45) is 6.65. The van der Waals surface area contributed by atoms with Crippen molar-refractivity contribution < 1.29 is 4.74 Å². The quantitative estimate of drug-likeness (QED) is 0.392. The fraction of sp³-hybridized carbons (Fsp3) is 0.310. The fourth-order valence-corrected chi connectivity index (χ4v) is 5.38. The molecule has 1 N–H and O–H groups in total. The third-order valence-electron chi connectivity index (χ3n) is 7.36. The Morgan fingerprint density at radius 2 is 1.89 bits per heavy atom. The molecule has 2 aliphatic rings. The number of aromatic nitrogens is 2. The molecule has 0 unspecified atom stereocenters. The van der Waals surface area contributed by atoms with Gasteiger partial charge in [0.1, 0.15) is 12.4 Å². The molecule has 0 atom stereocenters. The van der Waals surface area contributed by atoms with E-state index in [4.69, 9.17) is 16.3 Å². The Kier molecular flexibility index (Phi) is 5.63. The van der Waals surface area contributed by atoms with Gasteiger partial charge in [-0.15, -0.1) is 0 Å². The van der Waals surface area contributed by atoms with Gasteiger partial charge in [0, 0.05) is 36.3 Å². The summed E-state index contributed by atoms with van der Waals surface area (Å²) in [6, 6.07) is 16.5. The fourth-order valence-electron chi connectivity index (χ4n) is 5.38. The van der Waals surface area contributed by atoms with Crippen LogP contribution in [-0.2, 0) is 6.54 Å². The molecule has 1 saturated heterocycles. The van der Waals surface area contributed by atoms with Crippen molar-refractivity contribution in [1.29, 1.82) is 0 Å². The molecule has 0 spiro atoms. The molecule has 4 heterocycles. The Morgan fingerprint density at radius 1 is 1.09 bits per heavy atom. The monoisotopic (exact) mass is 463 g/mol. The van der Waals surface area contributed by atoms with Crippen LogP contribution in [0, 0.1) is 12.5 Å². The van der Waals surface area contributed by atoms with Crippen molar-refractivity contribution in [3.63, 3.8) is 0 Å². The van der Waals surface area contributed by atoms with Gasteiger partial charge in [-0.2, -0.15) is 0 Å². The van der Waals surface area contributed by atoms with E-state index in [0.29, 0.717) is 18.2 Å². The summed E-state index contributed by atoms with van der Waals surface area (Å²) < 4.78 is 8.36. The minimum absolute atomic E-state index is 0.643. The third-order valence-corrected chi connectivity index (χ3v) is 7.36. The molecule has 0 saturated carbocycles. The summed E-state index contributed by atoms with van der Waals surface area (Å²) in [5, 5.41) is 4.66. The van der Waals surface area contributed by atoms with Gasteiger partial charge < -0.3 is 19.5 Å². The maximum atomic E-state index is 7.34. The van der Waals surface area contributed by atoms with Crippen molar-refractivity contribution in [1.82, 2.24) is 14.9 Å². The summed E-state index contributed by atoms with van der Waals surface area (Å²) >= 11 is 0. The lowest BCUT2D eigenvalue weighted by Crippen LogP contribution is -2.29. The summed E-state index contributed by atoms with van der Waals surface area (Å²) in [6.45, 7) is 12.1. The molecule has 2 aromatic heterocycles. The van der Waals surface area contributed by atoms with E-state index >= 15 is 0 Å². The summed E-state index contributed by atoms with van der Waals surface area (Å²) in [7, 11) is 2.10. The van der Waals surface area contributed by atoms with E-state index in [2.05, 4.69) is 57.1 Å². The third kappa shape index (κ3) is 4.02. The van der Waals surface area contributed by atoms with Gasteiger partial charge in [-0.1, -0.05) is 30.3 Å². The highest BCUT2D eigenvalue weighted by molar-refractivity contribution is 6.02. The summed E-state index contributed by atoms with van der Waals surface area (Å²) in [4.78, 5) is 10.8. The van der Waals surface area contributed by atoms with E-state index in [1.165, 1.54) is 18.2 Å². The lowest BCUT2D eigenvalue weighted by Gasteiger charge is -2.28. The molecule has 0 amide bonds. The van der Waals surface area contributed by atoms with Crippen LogP contribution in [0.3, 0.4) is 0 Å². The van der Waals surface area contributed by atoms with Crippen LogP contribution in [0.2, 0.25) is 0 Å². The van der Waals surface area contributed by atoms with Gasteiger partial charge in [-0.25, -0.2) is 4.85 Å². The Morgan fingerprint density at radius 3 is 2.69 bits per heavy atom. The summed E-state index contributed by atoms with van der Waals surface area (Å²) in [5.41, 5.74) is 7.06. The first-order valence-electron chi connectivity index (χ1n) is 12.4.